The summed E-state index contributed by atoms with van der Waals surface area (Å²) in [6.45, 7) is 4.18. The van der Waals surface area contributed by atoms with Gasteiger partial charge in [0.2, 0.25) is 17.0 Å². The molecule has 1 N–H and O–H groups in total. The lowest BCUT2D eigenvalue weighted by molar-refractivity contribution is -0.118. The zero-order valence-corrected chi connectivity index (χ0v) is 21.7. The minimum atomic E-state index is -0.782. The standard InChI is InChI=1S/C24H22ClFN6O4S/c1-4-35-20-8-15(5-6-19(20)36-22-18(26)11-28-24(25)31-22)10-29-32-21(33)13-37-23-17(9-27)16(12-34-3)7-14(2)30-23/h5-8,10-11H,4,12-13H2,1-3H3,(H,32,33)/b29-10+. The summed E-state index contributed by atoms with van der Waals surface area (Å²) in [5.41, 5.74) is 4.82. The van der Waals surface area contributed by atoms with E-state index in [9.17, 15) is 14.4 Å². The molecule has 0 saturated heterocycles. The van der Waals surface area contributed by atoms with E-state index in [2.05, 4.69) is 31.5 Å². The van der Waals surface area contributed by atoms with Crippen LogP contribution in [0.5, 0.6) is 17.4 Å². The van der Waals surface area contributed by atoms with Gasteiger partial charge in [-0.25, -0.2) is 15.4 Å². The van der Waals surface area contributed by atoms with E-state index in [-0.39, 0.29) is 35.2 Å². The molecule has 0 atom stereocenters. The highest BCUT2D eigenvalue weighted by atomic mass is 35.5. The maximum absolute atomic E-state index is 13.9. The summed E-state index contributed by atoms with van der Waals surface area (Å²) in [5.74, 6) is -0.995. The first-order valence-electron chi connectivity index (χ1n) is 10.8. The molecule has 0 aliphatic heterocycles. The summed E-state index contributed by atoms with van der Waals surface area (Å²) < 4.78 is 30.2. The molecule has 10 nitrogen and oxygen atoms in total. The highest BCUT2D eigenvalue weighted by molar-refractivity contribution is 8.00. The van der Waals surface area contributed by atoms with Crippen molar-refractivity contribution in [2.45, 2.75) is 25.5 Å². The van der Waals surface area contributed by atoms with Crippen LogP contribution in [0.4, 0.5) is 4.39 Å². The number of methoxy groups -OCH3 is 1. The third kappa shape index (κ3) is 7.85. The third-order valence-electron chi connectivity index (χ3n) is 4.51. The number of ether oxygens (including phenoxy) is 3. The van der Waals surface area contributed by atoms with Gasteiger partial charge in [-0.3, -0.25) is 4.79 Å². The number of aromatic nitrogens is 3. The van der Waals surface area contributed by atoms with E-state index in [1.165, 1.54) is 6.21 Å². The van der Waals surface area contributed by atoms with Crippen LogP contribution >= 0.6 is 23.4 Å². The Morgan fingerprint density at radius 2 is 2.14 bits per heavy atom. The van der Waals surface area contributed by atoms with Gasteiger partial charge in [-0.2, -0.15) is 19.7 Å². The molecule has 2 aromatic heterocycles. The first-order valence-corrected chi connectivity index (χ1v) is 12.2. The van der Waals surface area contributed by atoms with Crippen LogP contribution in [0.1, 0.15) is 29.3 Å². The van der Waals surface area contributed by atoms with Crippen molar-refractivity contribution in [1.82, 2.24) is 20.4 Å². The molecule has 0 spiro atoms. The smallest absolute Gasteiger partial charge is 0.260 e. The molecule has 0 aliphatic rings. The Balaban J connectivity index is 1.65. The zero-order chi connectivity index (χ0) is 26.8. The third-order valence-corrected chi connectivity index (χ3v) is 5.66. The van der Waals surface area contributed by atoms with Crippen LogP contribution in [0.25, 0.3) is 0 Å². The first-order chi connectivity index (χ1) is 17.8. The molecule has 2 heterocycles. The quantitative estimate of drug-likeness (QED) is 0.161. The molecular weight excluding hydrogens is 523 g/mol. The Morgan fingerprint density at radius 3 is 2.86 bits per heavy atom. The lowest BCUT2D eigenvalue weighted by Crippen LogP contribution is -2.20. The number of carbonyl (C=O) groups is 1. The molecule has 0 saturated carbocycles. The predicted octanol–water partition coefficient (Wildman–Crippen LogP) is 4.42. The number of amides is 1. The molecule has 0 bridgehead atoms. The van der Waals surface area contributed by atoms with Crippen LogP contribution < -0.4 is 14.9 Å². The van der Waals surface area contributed by atoms with Gasteiger partial charge in [0.05, 0.1) is 36.9 Å². The van der Waals surface area contributed by atoms with Crippen molar-refractivity contribution in [3.63, 3.8) is 0 Å². The van der Waals surface area contributed by atoms with Crippen LogP contribution in [0, 0.1) is 24.1 Å². The first kappa shape index (κ1) is 27.8. The number of nitriles is 1. The highest BCUT2D eigenvalue weighted by Crippen LogP contribution is 2.33. The molecule has 0 unspecified atom stereocenters. The fourth-order valence-electron chi connectivity index (χ4n) is 3.01. The van der Waals surface area contributed by atoms with Gasteiger partial charge in [0.15, 0.2) is 11.5 Å². The average molecular weight is 545 g/mol. The van der Waals surface area contributed by atoms with Crippen molar-refractivity contribution < 1.29 is 23.4 Å². The molecule has 192 valence electrons. The number of nitrogens with zero attached hydrogens (tertiary/aromatic N) is 5. The highest BCUT2D eigenvalue weighted by Gasteiger charge is 2.15. The van der Waals surface area contributed by atoms with Crippen molar-refractivity contribution in [1.29, 1.82) is 5.26 Å². The van der Waals surface area contributed by atoms with Gasteiger partial charge in [-0.1, -0.05) is 11.8 Å². The Morgan fingerprint density at radius 1 is 1.32 bits per heavy atom. The van der Waals surface area contributed by atoms with E-state index in [1.807, 2.05) is 0 Å². The van der Waals surface area contributed by atoms with Crippen LogP contribution in [0.15, 0.2) is 40.6 Å². The number of pyridine rings is 1. The number of hydrazone groups is 1. The van der Waals surface area contributed by atoms with Gasteiger partial charge in [0.1, 0.15) is 11.1 Å². The van der Waals surface area contributed by atoms with Crippen molar-refractivity contribution in [3.05, 3.63) is 63.9 Å². The van der Waals surface area contributed by atoms with Gasteiger partial charge < -0.3 is 14.2 Å². The van der Waals surface area contributed by atoms with Gasteiger partial charge >= 0.3 is 0 Å². The van der Waals surface area contributed by atoms with Gasteiger partial charge in [-0.05, 0) is 60.8 Å². The summed E-state index contributed by atoms with van der Waals surface area (Å²) in [6.07, 6.45) is 2.32. The average Bonchev–Trinajstić information content (AvgIpc) is 2.86. The predicted molar refractivity (Wildman–Crippen MR) is 136 cm³/mol. The number of hydrogen-bond acceptors (Lipinski definition) is 10. The minimum absolute atomic E-state index is 0.00107. The van der Waals surface area contributed by atoms with E-state index in [0.717, 1.165) is 23.7 Å². The number of thioether (sulfide) groups is 1. The summed E-state index contributed by atoms with van der Waals surface area (Å²) in [5, 5.41) is 13.8. The molecule has 37 heavy (non-hydrogen) atoms. The summed E-state index contributed by atoms with van der Waals surface area (Å²) >= 11 is 6.85. The van der Waals surface area contributed by atoms with E-state index in [1.54, 1.807) is 45.2 Å². The monoisotopic (exact) mass is 544 g/mol. The summed E-state index contributed by atoms with van der Waals surface area (Å²) in [4.78, 5) is 23.9. The number of benzene rings is 1. The van der Waals surface area contributed by atoms with Gasteiger partial charge in [0.25, 0.3) is 5.88 Å². The van der Waals surface area contributed by atoms with Crippen molar-refractivity contribution in [3.8, 4) is 23.4 Å². The number of hydrogen-bond donors (Lipinski definition) is 1. The lowest BCUT2D eigenvalue weighted by Gasteiger charge is -2.12. The van der Waals surface area contributed by atoms with Crippen LogP contribution in [-0.4, -0.2) is 46.5 Å². The zero-order valence-electron chi connectivity index (χ0n) is 20.1. The van der Waals surface area contributed by atoms with E-state index >= 15 is 0 Å². The van der Waals surface area contributed by atoms with E-state index in [0.29, 0.717) is 34.1 Å². The number of rotatable bonds is 11. The van der Waals surface area contributed by atoms with Gasteiger partial charge in [-0.15, -0.1) is 0 Å². The Bertz CT molecular complexity index is 1350. The van der Waals surface area contributed by atoms with Crippen molar-refractivity contribution in [2.24, 2.45) is 5.10 Å². The second-order valence-corrected chi connectivity index (χ2v) is 8.57. The Hall–Kier alpha value is -3.79. The number of aryl methyl sites for hydroxylation is 1. The number of carbonyl (C=O) groups excluding carboxylic acids is 1. The molecule has 0 fully saturated rings. The maximum atomic E-state index is 13.9. The van der Waals surface area contributed by atoms with Crippen molar-refractivity contribution in [2.75, 3.05) is 19.5 Å². The normalized spacial score (nSPS) is 10.8. The molecule has 0 aliphatic carbocycles. The fraction of sp³-hybridized carbons (Fsp3) is 0.250. The second-order valence-electron chi connectivity index (χ2n) is 7.26. The molecule has 0 radical (unpaired) electrons. The molecule has 1 amide bonds. The molecule has 1 aromatic carbocycles. The van der Waals surface area contributed by atoms with Crippen LogP contribution in [0.2, 0.25) is 5.28 Å². The molecule has 3 aromatic rings. The topological polar surface area (TPSA) is 132 Å². The maximum Gasteiger partial charge on any atom is 0.260 e. The minimum Gasteiger partial charge on any atom is -0.490 e. The van der Waals surface area contributed by atoms with Crippen LogP contribution in [-0.2, 0) is 16.1 Å². The number of halogens is 2. The number of nitrogens with one attached hydrogen (secondary N) is 1. The fourth-order valence-corrected chi connectivity index (χ4v) is 4.00. The van der Waals surface area contributed by atoms with Crippen molar-refractivity contribution >= 4 is 35.5 Å². The molecular formula is C24H22ClFN6O4S. The van der Waals surface area contributed by atoms with Gasteiger partial charge in [0, 0.05) is 12.8 Å². The molecule has 3 rings (SSSR count). The lowest BCUT2D eigenvalue weighted by atomic mass is 10.1. The summed E-state index contributed by atoms with van der Waals surface area (Å²) in [7, 11) is 1.54. The van der Waals surface area contributed by atoms with Crippen LogP contribution in [0.3, 0.4) is 0 Å². The summed E-state index contributed by atoms with van der Waals surface area (Å²) in [6, 6.07) is 8.69. The van der Waals surface area contributed by atoms with E-state index in [4.69, 9.17) is 25.8 Å². The SMILES string of the molecule is CCOc1cc(/C=N/NC(=O)CSc2nc(C)cc(COC)c2C#N)ccc1Oc1nc(Cl)ncc1F. The van der Waals surface area contributed by atoms with E-state index < -0.39 is 5.82 Å². The largest absolute Gasteiger partial charge is 0.490 e. The Kier molecular flexibility index (Phi) is 10.1. The second kappa shape index (κ2) is 13.5. The Labute approximate surface area is 221 Å². The molecule has 13 heteroatoms.